The third-order valence-corrected chi connectivity index (χ3v) is 3.73. The normalized spacial score (nSPS) is 12.6. The van der Waals surface area contributed by atoms with Crippen LogP contribution in [-0.2, 0) is 4.79 Å². The number of halogens is 2. The zero-order valence-electron chi connectivity index (χ0n) is 7.88. The molecule has 0 heterocycles. The van der Waals surface area contributed by atoms with E-state index in [1.54, 1.807) is 19.1 Å². The molecular formula is C10H10Cl2OS. The summed E-state index contributed by atoms with van der Waals surface area (Å²) in [5.41, 5.74) is 0. The van der Waals surface area contributed by atoms with Gasteiger partial charge in [-0.25, -0.2) is 0 Å². The maximum atomic E-state index is 11.0. The molecule has 0 N–H and O–H groups in total. The van der Waals surface area contributed by atoms with E-state index in [0.717, 1.165) is 4.90 Å². The summed E-state index contributed by atoms with van der Waals surface area (Å²) in [6, 6.07) is 5.37. The highest BCUT2D eigenvalue weighted by molar-refractivity contribution is 8.00. The summed E-state index contributed by atoms with van der Waals surface area (Å²) in [5, 5.41) is 1.01. The molecule has 0 spiro atoms. The van der Waals surface area contributed by atoms with Crippen molar-refractivity contribution in [3.63, 3.8) is 0 Å². The summed E-state index contributed by atoms with van der Waals surface area (Å²) in [7, 11) is 0. The Morgan fingerprint density at radius 2 is 2.00 bits per heavy atom. The molecule has 0 aromatic heterocycles. The molecule has 0 radical (unpaired) electrons. The standard InChI is InChI=1S/C10H10Cl2OS/c1-6(13)7(2)14-8-3-4-9(11)10(12)5-8/h3-5,7H,1-2H3/t7-/m1/s1. The van der Waals surface area contributed by atoms with Gasteiger partial charge in [-0.05, 0) is 32.0 Å². The second-order valence-corrected chi connectivity index (χ2v) is 5.18. The number of benzene rings is 1. The molecule has 0 saturated carbocycles. The second kappa shape index (κ2) is 5.06. The molecule has 0 aliphatic rings. The molecule has 14 heavy (non-hydrogen) atoms. The Hall–Kier alpha value is -0.180. The highest BCUT2D eigenvalue weighted by atomic mass is 35.5. The summed E-state index contributed by atoms with van der Waals surface area (Å²) < 4.78 is 0. The fraction of sp³-hybridized carbons (Fsp3) is 0.300. The van der Waals surface area contributed by atoms with E-state index < -0.39 is 0 Å². The van der Waals surface area contributed by atoms with Crippen LogP contribution in [0.2, 0.25) is 10.0 Å². The number of hydrogen-bond donors (Lipinski definition) is 0. The van der Waals surface area contributed by atoms with Gasteiger partial charge >= 0.3 is 0 Å². The lowest BCUT2D eigenvalue weighted by Crippen LogP contribution is -2.07. The molecule has 0 aliphatic carbocycles. The van der Waals surface area contributed by atoms with Crippen LogP contribution in [0.25, 0.3) is 0 Å². The predicted octanol–water partition coefficient (Wildman–Crippen LogP) is 4.06. The van der Waals surface area contributed by atoms with E-state index >= 15 is 0 Å². The van der Waals surface area contributed by atoms with Crippen molar-refractivity contribution in [1.29, 1.82) is 0 Å². The maximum absolute atomic E-state index is 11.0. The van der Waals surface area contributed by atoms with E-state index in [-0.39, 0.29) is 11.0 Å². The second-order valence-electron chi connectivity index (χ2n) is 2.95. The van der Waals surface area contributed by atoms with Crippen molar-refractivity contribution < 1.29 is 4.79 Å². The Morgan fingerprint density at radius 3 is 2.50 bits per heavy atom. The molecule has 1 aromatic carbocycles. The van der Waals surface area contributed by atoms with Gasteiger partial charge in [-0.2, -0.15) is 0 Å². The van der Waals surface area contributed by atoms with Crippen molar-refractivity contribution in [3.05, 3.63) is 28.2 Å². The van der Waals surface area contributed by atoms with E-state index in [2.05, 4.69) is 0 Å². The molecule has 0 saturated heterocycles. The minimum atomic E-state index is -0.0488. The van der Waals surface area contributed by atoms with Crippen molar-refractivity contribution in [2.75, 3.05) is 0 Å². The number of carbonyl (C=O) groups is 1. The zero-order chi connectivity index (χ0) is 10.7. The molecular weight excluding hydrogens is 239 g/mol. The maximum Gasteiger partial charge on any atom is 0.142 e. The van der Waals surface area contributed by atoms with E-state index in [1.165, 1.54) is 11.8 Å². The first kappa shape index (κ1) is 11.9. The molecule has 1 atom stereocenters. The minimum Gasteiger partial charge on any atom is -0.299 e. The van der Waals surface area contributed by atoms with Gasteiger partial charge in [-0.15, -0.1) is 11.8 Å². The Bertz CT molecular complexity index is 352. The highest BCUT2D eigenvalue weighted by Gasteiger charge is 2.09. The predicted molar refractivity (Wildman–Crippen MR) is 62.5 cm³/mol. The quantitative estimate of drug-likeness (QED) is 0.751. The minimum absolute atomic E-state index is 0.0488. The Kier molecular flexibility index (Phi) is 4.30. The smallest absolute Gasteiger partial charge is 0.142 e. The first-order valence-electron chi connectivity index (χ1n) is 4.13. The Morgan fingerprint density at radius 1 is 1.36 bits per heavy atom. The number of rotatable bonds is 3. The van der Waals surface area contributed by atoms with Gasteiger partial charge in [0.15, 0.2) is 0 Å². The van der Waals surface area contributed by atoms with Gasteiger partial charge in [-0.1, -0.05) is 23.2 Å². The van der Waals surface area contributed by atoms with Crippen LogP contribution in [0.3, 0.4) is 0 Å². The lowest BCUT2D eigenvalue weighted by molar-refractivity contribution is -0.116. The Labute approximate surface area is 97.8 Å². The van der Waals surface area contributed by atoms with Gasteiger partial charge < -0.3 is 0 Å². The van der Waals surface area contributed by atoms with E-state index in [4.69, 9.17) is 23.2 Å². The van der Waals surface area contributed by atoms with Crippen LogP contribution in [0.1, 0.15) is 13.8 Å². The summed E-state index contributed by atoms with van der Waals surface area (Å²) in [6.07, 6.45) is 0. The molecule has 4 heteroatoms. The van der Waals surface area contributed by atoms with Crippen LogP contribution in [0.4, 0.5) is 0 Å². The van der Waals surface area contributed by atoms with Gasteiger partial charge in [0.1, 0.15) is 5.78 Å². The van der Waals surface area contributed by atoms with E-state index in [0.29, 0.717) is 10.0 Å². The largest absolute Gasteiger partial charge is 0.299 e. The lowest BCUT2D eigenvalue weighted by atomic mass is 10.3. The fourth-order valence-electron chi connectivity index (χ4n) is 0.837. The third-order valence-electron chi connectivity index (χ3n) is 1.78. The average molecular weight is 249 g/mol. The third kappa shape index (κ3) is 3.19. The molecule has 0 fully saturated rings. The van der Waals surface area contributed by atoms with E-state index in [9.17, 15) is 4.79 Å². The monoisotopic (exact) mass is 248 g/mol. The van der Waals surface area contributed by atoms with Crippen LogP contribution in [0, 0.1) is 0 Å². The van der Waals surface area contributed by atoms with Crippen molar-refractivity contribution in [3.8, 4) is 0 Å². The van der Waals surface area contributed by atoms with Crippen molar-refractivity contribution in [2.24, 2.45) is 0 Å². The fourth-order valence-corrected chi connectivity index (χ4v) is 2.11. The molecule has 1 nitrogen and oxygen atoms in total. The zero-order valence-corrected chi connectivity index (χ0v) is 10.2. The number of carbonyl (C=O) groups excluding carboxylic acids is 1. The van der Waals surface area contributed by atoms with Crippen LogP contribution in [0.15, 0.2) is 23.1 Å². The van der Waals surface area contributed by atoms with Crippen LogP contribution in [0.5, 0.6) is 0 Å². The highest BCUT2D eigenvalue weighted by Crippen LogP contribution is 2.30. The molecule has 76 valence electrons. The van der Waals surface area contributed by atoms with Crippen molar-refractivity contribution in [1.82, 2.24) is 0 Å². The average Bonchev–Trinajstić information content (AvgIpc) is 2.11. The van der Waals surface area contributed by atoms with Crippen LogP contribution >= 0.6 is 35.0 Å². The topological polar surface area (TPSA) is 17.1 Å². The first-order valence-corrected chi connectivity index (χ1v) is 5.76. The van der Waals surface area contributed by atoms with Crippen LogP contribution in [-0.4, -0.2) is 11.0 Å². The van der Waals surface area contributed by atoms with Gasteiger partial charge in [0.25, 0.3) is 0 Å². The van der Waals surface area contributed by atoms with E-state index in [1.807, 2.05) is 13.0 Å². The number of thioether (sulfide) groups is 1. The number of hydrogen-bond acceptors (Lipinski definition) is 2. The SMILES string of the molecule is CC(=O)[C@@H](C)Sc1ccc(Cl)c(Cl)c1. The molecule has 0 bridgehead atoms. The molecule has 1 aromatic rings. The van der Waals surface area contributed by atoms with Gasteiger partial charge in [0, 0.05) is 4.90 Å². The molecule has 0 aliphatic heterocycles. The summed E-state index contributed by atoms with van der Waals surface area (Å²) >= 11 is 13.1. The summed E-state index contributed by atoms with van der Waals surface area (Å²) in [6.45, 7) is 3.45. The molecule has 0 unspecified atom stereocenters. The summed E-state index contributed by atoms with van der Waals surface area (Å²) in [5.74, 6) is 0.154. The first-order chi connectivity index (χ1) is 6.50. The van der Waals surface area contributed by atoms with Crippen molar-refractivity contribution in [2.45, 2.75) is 24.0 Å². The molecule has 0 amide bonds. The lowest BCUT2D eigenvalue weighted by Gasteiger charge is -2.07. The number of ketones is 1. The van der Waals surface area contributed by atoms with Crippen molar-refractivity contribution >= 4 is 40.7 Å². The van der Waals surface area contributed by atoms with Gasteiger partial charge in [0.2, 0.25) is 0 Å². The Balaban J connectivity index is 2.78. The summed E-state index contributed by atoms with van der Waals surface area (Å²) in [4.78, 5) is 12.0. The van der Waals surface area contributed by atoms with Crippen LogP contribution < -0.4 is 0 Å². The molecule has 1 rings (SSSR count). The number of Topliss-reactive ketones (excluding diaryl/α,β-unsaturated/α-hetero) is 1. The van der Waals surface area contributed by atoms with Gasteiger partial charge in [-0.3, -0.25) is 4.79 Å². The van der Waals surface area contributed by atoms with Gasteiger partial charge in [0.05, 0.1) is 15.3 Å².